The Kier molecular flexibility index (Phi) is 12.6. The van der Waals surface area contributed by atoms with E-state index in [9.17, 15) is 27.4 Å². The molecule has 0 aliphatic carbocycles. The highest BCUT2D eigenvalue weighted by Crippen LogP contribution is 2.41. The van der Waals surface area contributed by atoms with Crippen LogP contribution >= 0.6 is 11.3 Å². The summed E-state index contributed by atoms with van der Waals surface area (Å²) in [6, 6.07) is 39.5. The summed E-state index contributed by atoms with van der Waals surface area (Å²) in [7, 11) is -5.00. The first-order chi connectivity index (χ1) is 29.2. The topological polar surface area (TPSA) is 176 Å². The minimum Gasteiger partial charge on any atom is -0.475 e. The number of nitrogens with zero attached hydrogens (tertiary/aromatic N) is 4. The van der Waals surface area contributed by atoms with Gasteiger partial charge < -0.3 is 14.4 Å². The smallest absolute Gasteiger partial charge is 0.418 e. The summed E-state index contributed by atoms with van der Waals surface area (Å²) < 4.78 is 44.4. The van der Waals surface area contributed by atoms with E-state index < -0.39 is 63.7 Å². The molecular weight excluding hydrogens is 821 g/mol. The summed E-state index contributed by atoms with van der Waals surface area (Å²) in [5.41, 5.74) is 1.73. The first-order valence-corrected chi connectivity index (χ1v) is 21.4. The Hall–Kier alpha value is -6.46. The number of oxime groups is 1. The minimum atomic E-state index is -5.00. The number of hydrogen-bond acceptors (Lipinski definition) is 12. The first kappa shape index (κ1) is 42.7. The highest BCUT2D eigenvalue weighted by Gasteiger charge is 2.57. The van der Waals surface area contributed by atoms with Crippen molar-refractivity contribution in [1.82, 2.24) is 14.8 Å². The predicted molar refractivity (Wildman–Crippen MR) is 227 cm³/mol. The molecule has 16 heteroatoms. The maximum atomic E-state index is 14.1. The summed E-state index contributed by atoms with van der Waals surface area (Å²) >= 11 is 1.27. The Morgan fingerprint density at radius 1 is 0.852 bits per heavy atom. The van der Waals surface area contributed by atoms with Gasteiger partial charge >= 0.3 is 10.4 Å². The molecule has 1 N–H and O–H groups in total. The Bertz CT molecular complexity index is 2610. The van der Waals surface area contributed by atoms with Crippen LogP contribution in [0.15, 0.2) is 149 Å². The molecule has 0 saturated carbocycles. The molecular formula is C45H42N4O10S2. The van der Waals surface area contributed by atoms with Gasteiger partial charge in [0.1, 0.15) is 17.5 Å². The third-order valence-corrected chi connectivity index (χ3v) is 11.3. The third kappa shape index (κ3) is 9.79. The van der Waals surface area contributed by atoms with Crippen LogP contribution in [0, 0.1) is 12.8 Å². The zero-order chi connectivity index (χ0) is 43.3. The van der Waals surface area contributed by atoms with Crippen LogP contribution in [-0.4, -0.2) is 50.7 Å². The number of hydroxylamine groups is 2. The molecule has 0 bridgehead atoms. The summed E-state index contributed by atoms with van der Waals surface area (Å²) in [5, 5.41) is 7.04. The Morgan fingerprint density at radius 2 is 1.36 bits per heavy atom. The van der Waals surface area contributed by atoms with Crippen molar-refractivity contribution in [2.45, 2.75) is 58.0 Å². The van der Waals surface area contributed by atoms with E-state index in [1.165, 1.54) is 42.2 Å². The summed E-state index contributed by atoms with van der Waals surface area (Å²) in [5.74, 6) is -2.49. The van der Waals surface area contributed by atoms with Crippen molar-refractivity contribution in [3.8, 4) is 5.75 Å². The lowest BCUT2D eigenvalue weighted by molar-refractivity contribution is -0.228. The van der Waals surface area contributed by atoms with Gasteiger partial charge in [-0.1, -0.05) is 126 Å². The fraction of sp³-hybridized carbons (Fsp3) is 0.222. The SMILES string of the molecule is Cc1nc(/C(=N/O[C@@H](C)c2cc(=O)c(OC(c3ccccc3)c3ccccc3)cn2OC(c2ccccc2)c2ccccc2)C(=O)C[C@@H]2C(=O)N(OS(=O)(=O)O)C2(C)C)cs1. The Balaban J connectivity index is 1.26. The maximum Gasteiger partial charge on any atom is 0.418 e. The standard InChI is InChI=1S/C45H42N4O10S2/c1-29(57-47-41(36-28-60-30(2)46-36)39(51)25-35-44(52)49(45(35,3)4)59-61(53,54)55)37-26-38(50)40(56-42(31-17-9-5-10-18-31)32-19-11-6-12-20-32)27-48(37)58-43(33-21-13-7-14-22-33)34-23-15-8-16-24-34/h5-24,26-29,35,42-43H,25H2,1-4H3,(H,53,54,55)/b47-41-/t29-,35+/m0/s1. The molecule has 61 heavy (non-hydrogen) atoms. The van der Waals surface area contributed by atoms with E-state index in [0.29, 0.717) is 10.1 Å². The monoisotopic (exact) mass is 862 g/mol. The van der Waals surface area contributed by atoms with Crippen LogP contribution in [0.3, 0.4) is 0 Å². The zero-order valence-electron chi connectivity index (χ0n) is 33.5. The van der Waals surface area contributed by atoms with E-state index in [4.69, 9.17) is 14.4 Å². The van der Waals surface area contributed by atoms with Crippen molar-refractivity contribution in [3.63, 3.8) is 0 Å². The molecule has 0 radical (unpaired) electrons. The van der Waals surface area contributed by atoms with Crippen LogP contribution < -0.4 is 15.0 Å². The molecule has 2 aromatic heterocycles. The molecule has 14 nitrogen and oxygen atoms in total. The summed E-state index contributed by atoms with van der Waals surface area (Å²) in [6.07, 6.45) is -1.30. The molecule has 314 valence electrons. The lowest BCUT2D eigenvalue weighted by Crippen LogP contribution is -2.68. The molecule has 3 heterocycles. The van der Waals surface area contributed by atoms with Crippen molar-refractivity contribution in [2.75, 3.05) is 0 Å². The van der Waals surface area contributed by atoms with Crippen LogP contribution in [0.5, 0.6) is 5.75 Å². The van der Waals surface area contributed by atoms with Gasteiger partial charge in [0, 0.05) is 17.9 Å². The van der Waals surface area contributed by atoms with E-state index in [1.54, 1.807) is 19.2 Å². The number of aryl methyl sites for hydroxylation is 1. The molecule has 6 aromatic rings. The number of benzene rings is 4. The lowest BCUT2D eigenvalue weighted by Gasteiger charge is -2.50. The molecule has 1 aliphatic heterocycles. The van der Waals surface area contributed by atoms with Gasteiger partial charge in [-0.25, -0.2) is 4.98 Å². The average Bonchev–Trinajstić information content (AvgIpc) is 3.69. The summed E-state index contributed by atoms with van der Waals surface area (Å²) in [6.45, 7) is 6.37. The van der Waals surface area contributed by atoms with Crippen molar-refractivity contribution in [3.05, 3.63) is 188 Å². The second-order valence-electron chi connectivity index (χ2n) is 14.8. The van der Waals surface area contributed by atoms with Gasteiger partial charge in [-0.05, 0) is 49.9 Å². The van der Waals surface area contributed by atoms with E-state index in [0.717, 1.165) is 22.3 Å². The van der Waals surface area contributed by atoms with Crippen molar-refractivity contribution in [1.29, 1.82) is 0 Å². The number of Topliss-reactive ketones (excluding diaryl/α,β-unsaturated/α-hetero) is 1. The van der Waals surface area contributed by atoms with E-state index in [2.05, 4.69) is 14.4 Å². The fourth-order valence-corrected chi connectivity index (χ4v) is 7.98. The number of carbonyl (C=O) groups excluding carboxylic acids is 2. The number of ether oxygens (including phenoxy) is 1. The zero-order valence-corrected chi connectivity index (χ0v) is 35.2. The molecule has 0 spiro atoms. The highest BCUT2D eigenvalue weighted by atomic mass is 32.3. The number of β-lactam (4-membered cyclic amide) rings is 1. The quantitative estimate of drug-likeness (QED) is 0.0418. The molecule has 1 fully saturated rings. The van der Waals surface area contributed by atoms with E-state index in [1.807, 2.05) is 121 Å². The Labute approximate surface area is 356 Å². The molecule has 0 unspecified atom stereocenters. The van der Waals surface area contributed by atoms with Crippen LogP contribution in [-0.2, 0) is 29.1 Å². The van der Waals surface area contributed by atoms with E-state index >= 15 is 0 Å². The number of aromatic nitrogens is 2. The number of rotatable bonds is 17. The number of amides is 1. The second-order valence-corrected chi connectivity index (χ2v) is 16.9. The van der Waals surface area contributed by atoms with Crippen LogP contribution in [0.1, 0.15) is 84.2 Å². The van der Waals surface area contributed by atoms with Crippen LogP contribution in [0.25, 0.3) is 0 Å². The van der Waals surface area contributed by atoms with Crippen molar-refractivity contribution >= 4 is 39.1 Å². The third-order valence-electron chi connectivity index (χ3n) is 10.2. The van der Waals surface area contributed by atoms with Gasteiger partial charge in [-0.15, -0.1) is 15.6 Å². The molecule has 1 saturated heterocycles. The van der Waals surface area contributed by atoms with Gasteiger partial charge in [-0.2, -0.15) is 18.2 Å². The molecule has 1 aliphatic rings. The van der Waals surface area contributed by atoms with Gasteiger partial charge in [0.2, 0.25) is 5.43 Å². The minimum absolute atomic E-state index is 0.00866. The molecule has 4 aromatic carbocycles. The lowest BCUT2D eigenvalue weighted by atomic mass is 9.74. The molecule has 1 amide bonds. The van der Waals surface area contributed by atoms with Gasteiger partial charge in [0.05, 0.1) is 22.7 Å². The van der Waals surface area contributed by atoms with E-state index in [-0.39, 0.29) is 22.8 Å². The van der Waals surface area contributed by atoms with Gasteiger partial charge in [-0.3, -0.25) is 18.9 Å². The fourth-order valence-electron chi connectivity index (χ4n) is 6.93. The van der Waals surface area contributed by atoms with Crippen molar-refractivity contribution in [2.24, 2.45) is 11.1 Å². The predicted octanol–water partition coefficient (Wildman–Crippen LogP) is 7.41. The highest BCUT2D eigenvalue weighted by molar-refractivity contribution is 7.80. The maximum absolute atomic E-state index is 14.1. The number of ketones is 1. The number of pyridine rings is 1. The van der Waals surface area contributed by atoms with Gasteiger partial charge in [0.25, 0.3) is 5.91 Å². The number of carbonyl (C=O) groups is 2. The number of thiazole rings is 1. The second kappa shape index (κ2) is 18.0. The first-order valence-electron chi connectivity index (χ1n) is 19.2. The summed E-state index contributed by atoms with van der Waals surface area (Å²) in [4.78, 5) is 58.3. The number of hydrogen-bond donors (Lipinski definition) is 1. The Morgan fingerprint density at radius 3 is 1.82 bits per heavy atom. The molecule has 2 atom stereocenters. The van der Waals surface area contributed by atoms with Crippen molar-refractivity contribution < 1.29 is 41.3 Å². The molecule has 7 rings (SSSR count). The van der Waals surface area contributed by atoms with Gasteiger partial charge in [0.15, 0.2) is 29.5 Å². The largest absolute Gasteiger partial charge is 0.475 e. The van der Waals surface area contributed by atoms with Crippen LogP contribution in [0.2, 0.25) is 0 Å². The average molecular weight is 863 g/mol. The van der Waals surface area contributed by atoms with Crippen LogP contribution in [0.4, 0.5) is 0 Å². The normalized spacial score (nSPS) is 15.7.